The highest BCUT2D eigenvalue weighted by molar-refractivity contribution is 5.52. The smallest absolute Gasteiger partial charge is 0.0558 e. The van der Waals surface area contributed by atoms with Gasteiger partial charge in [0, 0.05) is 51.5 Å². The number of hydrogen-bond acceptors (Lipinski definition) is 4. The topological polar surface area (TPSA) is 30.0 Å². The molecule has 3 rings (SSSR count). The Morgan fingerprint density at radius 1 is 1.05 bits per heavy atom. The number of aliphatic hydroxyl groups is 1. The average molecular weight is 275 g/mol. The summed E-state index contributed by atoms with van der Waals surface area (Å²) in [6, 6.07) is 6.98. The molecule has 0 spiro atoms. The predicted octanol–water partition coefficient (Wildman–Crippen LogP) is 0.789. The monoisotopic (exact) mass is 275 g/mol. The summed E-state index contributed by atoms with van der Waals surface area (Å²) in [7, 11) is 2.20. The third-order valence-electron chi connectivity index (χ3n) is 4.55. The molecule has 2 aliphatic rings. The predicted molar refractivity (Wildman–Crippen MR) is 82.2 cm³/mol. The van der Waals surface area contributed by atoms with Crippen molar-refractivity contribution in [1.82, 2.24) is 9.80 Å². The summed E-state index contributed by atoms with van der Waals surface area (Å²) in [5.74, 6) is 0. The van der Waals surface area contributed by atoms with Crippen molar-refractivity contribution in [1.29, 1.82) is 0 Å². The number of hydrogen-bond donors (Lipinski definition) is 1. The first-order chi connectivity index (χ1) is 9.76. The van der Waals surface area contributed by atoms with E-state index in [2.05, 4.69) is 39.9 Å². The van der Waals surface area contributed by atoms with Crippen LogP contribution in [0.1, 0.15) is 11.1 Å². The van der Waals surface area contributed by atoms with Crippen LogP contribution in [0.3, 0.4) is 0 Å². The Balaban J connectivity index is 1.68. The lowest BCUT2D eigenvalue weighted by Gasteiger charge is -2.36. The SMILES string of the molecule is CN1CCc2ccc(N3CCN(CCO)CC3)cc2C1. The Kier molecular flexibility index (Phi) is 4.24. The van der Waals surface area contributed by atoms with Crippen LogP contribution in [-0.2, 0) is 13.0 Å². The molecule has 0 aliphatic carbocycles. The number of benzene rings is 1. The second-order valence-electron chi connectivity index (χ2n) is 5.99. The van der Waals surface area contributed by atoms with Crippen molar-refractivity contribution in [2.75, 3.05) is 57.8 Å². The molecule has 1 fully saturated rings. The number of rotatable bonds is 3. The van der Waals surface area contributed by atoms with Crippen LogP contribution in [-0.4, -0.2) is 67.8 Å². The minimum atomic E-state index is 0.269. The lowest BCUT2D eigenvalue weighted by atomic mass is 9.99. The Labute approximate surface area is 121 Å². The van der Waals surface area contributed by atoms with Gasteiger partial charge in [-0.2, -0.15) is 0 Å². The molecule has 0 amide bonds. The van der Waals surface area contributed by atoms with Gasteiger partial charge >= 0.3 is 0 Å². The standard InChI is InChI=1S/C16H25N3O/c1-17-5-4-14-2-3-16(12-15(14)13-17)19-8-6-18(7-9-19)10-11-20/h2-3,12,20H,4-11,13H2,1H3. The highest BCUT2D eigenvalue weighted by Crippen LogP contribution is 2.25. The summed E-state index contributed by atoms with van der Waals surface area (Å²) < 4.78 is 0. The molecule has 1 N–H and O–H groups in total. The van der Waals surface area contributed by atoms with E-state index in [4.69, 9.17) is 5.11 Å². The molecule has 4 nitrogen and oxygen atoms in total. The largest absolute Gasteiger partial charge is 0.395 e. The number of β-amino-alcohol motifs (C(OH)–C–C–N with tert-alkyl or cyclic N) is 1. The molecular formula is C16H25N3O. The van der Waals surface area contributed by atoms with Crippen molar-refractivity contribution in [2.45, 2.75) is 13.0 Å². The third kappa shape index (κ3) is 2.97. The van der Waals surface area contributed by atoms with Gasteiger partial charge < -0.3 is 14.9 Å². The van der Waals surface area contributed by atoms with Gasteiger partial charge in [0.15, 0.2) is 0 Å². The van der Waals surface area contributed by atoms with Crippen molar-refractivity contribution in [3.8, 4) is 0 Å². The molecule has 4 heteroatoms. The van der Waals surface area contributed by atoms with Crippen LogP contribution in [0.15, 0.2) is 18.2 Å². The van der Waals surface area contributed by atoms with Crippen molar-refractivity contribution < 1.29 is 5.11 Å². The second-order valence-corrected chi connectivity index (χ2v) is 5.99. The first kappa shape index (κ1) is 13.9. The van der Waals surface area contributed by atoms with Gasteiger partial charge in [0.05, 0.1) is 6.61 Å². The number of fused-ring (bicyclic) bond motifs is 1. The van der Waals surface area contributed by atoms with E-state index in [1.54, 1.807) is 0 Å². The molecule has 1 saturated heterocycles. The summed E-state index contributed by atoms with van der Waals surface area (Å²) >= 11 is 0. The molecule has 0 aromatic heterocycles. The molecule has 0 saturated carbocycles. The van der Waals surface area contributed by atoms with Gasteiger partial charge in [-0.25, -0.2) is 0 Å². The van der Waals surface area contributed by atoms with E-state index in [9.17, 15) is 0 Å². The molecule has 110 valence electrons. The van der Waals surface area contributed by atoms with Gasteiger partial charge in [0.2, 0.25) is 0 Å². The van der Waals surface area contributed by atoms with Crippen molar-refractivity contribution >= 4 is 5.69 Å². The Hall–Kier alpha value is -1.10. The molecular weight excluding hydrogens is 250 g/mol. The third-order valence-corrected chi connectivity index (χ3v) is 4.55. The molecule has 0 unspecified atom stereocenters. The molecule has 0 radical (unpaired) electrons. The lowest BCUT2D eigenvalue weighted by molar-refractivity contribution is 0.189. The van der Waals surface area contributed by atoms with Crippen LogP contribution >= 0.6 is 0 Å². The van der Waals surface area contributed by atoms with Gasteiger partial charge in [0.25, 0.3) is 0 Å². The van der Waals surface area contributed by atoms with E-state index >= 15 is 0 Å². The fraction of sp³-hybridized carbons (Fsp3) is 0.625. The number of anilines is 1. The highest BCUT2D eigenvalue weighted by atomic mass is 16.3. The van der Waals surface area contributed by atoms with Crippen LogP contribution in [0.5, 0.6) is 0 Å². The van der Waals surface area contributed by atoms with Crippen LogP contribution < -0.4 is 4.90 Å². The maximum Gasteiger partial charge on any atom is 0.0558 e. The molecule has 2 heterocycles. The zero-order valence-electron chi connectivity index (χ0n) is 12.4. The number of nitrogens with zero attached hydrogens (tertiary/aromatic N) is 3. The fourth-order valence-corrected chi connectivity index (χ4v) is 3.25. The summed E-state index contributed by atoms with van der Waals surface area (Å²) in [5, 5.41) is 9.00. The minimum Gasteiger partial charge on any atom is -0.395 e. The van der Waals surface area contributed by atoms with E-state index in [0.29, 0.717) is 0 Å². The zero-order valence-corrected chi connectivity index (χ0v) is 12.4. The molecule has 1 aromatic carbocycles. The van der Waals surface area contributed by atoms with Gasteiger partial charge in [-0.15, -0.1) is 0 Å². The first-order valence-electron chi connectivity index (χ1n) is 7.65. The van der Waals surface area contributed by atoms with Crippen molar-refractivity contribution in [2.24, 2.45) is 0 Å². The number of likely N-dealkylation sites (N-methyl/N-ethyl adjacent to an activating group) is 1. The van der Waals surface area contributed by atoms with Crippen LogP contribution in [0.25, 0.3) is 0 Å². The maximum absolute atomic E-state index is 9.00. The average Bonchev–Trinajstić information content (AvgIpc) is 2.47. The minimum absolute atomic E-state index is 0.269. The Bertz CT molecular complexity index is 455. The first-order valence-corrected chi connectivity index (χ1v) is 7.65. The van der Waals surface area contributed by atoms with E-state index in [1.807, 2.05) is 0 Å². The van der Waals surface area contributed by atoms with Crippen LogP contribution in [0.2, 0.25) is 0 Å². The summed E-state index contributed by atoms with van der Waals surface area (Å²) in [6.07, 6.45) is 1.18. The summed E-state index contributed by atoms with van der Waals surface area (Å²) in [4.78, 5) is 7.21. The fourth-order valence-electron chi connectivity index (χ4n) is 3.25. The maximum atomic E-state index is 9.00. The molecule has 1 aromatic rings. The van der Waals surface area contributed by atoms with Crippen molar-refractivity contribution in [3.05, 3.63) is 29.3 Å². The van der Waals surface area contributed by atoms with Crippen LogP contribution in [0.4, 0.5) is 5.69 Å². The quantitative estimate of drug-likeness (QED) is 0.883. The Morgan fingerprint density at radius 3 is 2.60 bits per heavy atom. The van der Waals surface area contributed by atoms with Gasteiger partial charge in [-0.05, 0) is 36.7 Å². The normalized spacial score (nSPS) is 21.0. The molecule has 0 atom stereocenters. The molecule has 2 aliphatic heterocycles. The van der Waals surface area contributed by atoms with E-state index < -0.39 is 0 Å². The summed E-state index contributed by atoms with van der Waals surface area (Å²) in [6.45, 7) is 7.56. The molecule has 0 bridgehead atoms. The van der Waals surface area contributed by atoms with E-state index in [0.717, 1.165) is 39.3 Å². The molecule has 20 heavy (non-hydrogen) atoms. The number of piperazine rings is 1. The van der Waals surface area contributed by atoms with E-state index in [1.165, 1.54) is 29.8 Å². The van der Waals surface area contributed by atoms with Gasteiger partial charge in [0.1, 0.15) is 0 Å². The van der Waals surface area contributed by atoms with Gasteiger partial charge in [-0.1, -0.05) is 6.07 Å². The van der Waals surface area contributed by atoms with Crippen LogP contribution in [0, 0.1) is 0 Å². The lowest BCUT2D eigenvalue weighted by Crippen LogP contribution is -2.47. The summed E-state index contributed by atoms with van der Waals surface area (Å²) in [5.41, 5.74) is 4.38. The van der Waals surface area contributed by atoms with Crippen molar-refractivity contribution in [3.63, 3.8) is 0 Å². The zero-order chi connectivity index (χ0) is 13.9. The van der Waals surface area contributed by atoms with Gasteiger partial charge in [-0.3, -0.25) is 4.90 Å². The number of aliphatic hydroxyl groups excluding tert-OH is 1. The van der Waals surface area contributed by atoms with E-state index in [-0.39, 0.29) is 6.61 Å². The highest BCUT2D eigenvalue weighted by Gasteiger charge is 2.19. The second kappa shape index (κ2) is 6.12. The Morgan fingerprint density at radius 2 is 1.85 bits per heavy atom.